The van der Waals surface area contributed by atoms with E-state index in [1.807, 2.05) is 30.3 Å². The van der Waals surface area contributed by atoms with E-state index >= 15 is 0 Å². The fourth-order valence-electron chi connectivity index (χ4n) is 2.27. The predicted molar refractivity (Wildman–Crippen MR) is 79.3 cm³/mol. The van der Waals surface area contributed by atoms with E-state index < -0.39 is 0 Å². The van der Waals surface area contributed by atoms with Crippen LogP contribution in [-0.2, 0) is 11.2 Å². The summed E-state index contributed by atoms with van der Waals surface area (Å²) in [6, 6.07) is 13.9. The lowest BCUT2D eigenvalue weighted by Gasteiger charge is -2.23. The predicted octanol–water partition coefficient (Wildman–Crippen LogP) is 3.74. The maximum atomic E-state index is 13.8. The summed E-state index contributed by atoms with van der Waals surface area (Å²) in [6.07, 6.45) is 0.0192. The highest BCUT2D eigenvalue weighted by Crippen LogP contribution is 2.26. The quantitative estimate of drug-likeness (QED) is 0.911. The minimum Gasteiger partial charge on any atom is -0.375 e. The molecule has 106 valence electrons. The zero-order valence-corrected chi connectivity index (χ0v) is 12.0. The van der Waals surface area contributed by atoms with Crippen LogP contribution in [0.25, 0.3) is 0 Å². The first-order valence-electron chi connectivity index (χ1n) is 6.39. The smallest absolute Gasteiger partial charge is 0.127 e. The first-order valence-corrected chi connectivity index (χ1v) is 6.77. The number of benzene rings is 2. The Bertz CT molecular complexity index is 541. The van der Waals surface area contributed by atoms with Crippen LogP contribution in [0, 0.1) is 5.82 Å². The van der Waals surface area contributed by atoms with Crippen LogP contribution in [0.1, 0.15) is 17.2 Å². The van der Waals surface area contributed by atoms with Gasteiger partial charge in [-0.3, -0.25) is 0 Å². The average molecular weight is 294 g/mol. The molecule has 0 aliphatic carbocycles. The summed E-state index contributed by atoms with van der Waals surface area (Å²) in [6.45, 7) is 0. The van der Waals surface area contributed by atoms with E-state index in [1.54, 1.807) is 19.2 Å². The third kappa shape index (κ3) is 3.37. The Morgan fingerprint density at radius 2 is 1.85 bits per heavy atom. The first kappa shape index (κ1) is 15.0. The van der Waals surface area contributed by atoms with Gasteiger partial charge in [0.1, 0.15) is 5.82 Å². The second-order valence-corrected chi connectivity index (χ2v) is 5.04. The maximum absolute atomic E-state index is 13.8. The number of hydrogen-bond acceptors (Lipinski definition) is 2. The van der Waals surface area contributed by atoms with E-state index in [9.17, 15) is 4.39 Å². The number of nitrogens with two attached hydrogens (primary N) is 1. The van der Waals surface area contributed by atoms with Gasteiger partial charge < -0.3 is 10.5 Å². The van der Waals surface area contributed by atoms with Gasteiger partial charge >= 0.3 is 0 Å². The zero-order chi connectivity index (χ0) is 14.5. The molecule has 0 aliphatic rings. The molecule has 2 atom stereocenters. The SMILES string of the molecule is COC(c1ccccc1)C(N)Cc1c(F)cccc1Cl. The normalized spacial score (nSPS) is 14.0. The molecule has 2 N–H and O–H groups in total. The number of rotatable bonds is 5. The fraction of sp³-hybridized carbons (Fsp3) is 0.250. The van der Waals surface area contributed by atoms with E-state index in [4.69, 9.17) is 22.1 Å². The van der Waals surface area contributed by atoms with Crippen LogP contribution < -0.4 is 5.73 Å². The summed E-state index contributed by atoms with van der Waals surface area (Å²) in [4.78, 5) is 0. The highest BCUT2D eigenvalue weighted by molar-refractivity contribution is 6.31. The average Bonchev–Trinajstić information content (AvgIpc) is 2.45. The van der Waals surface area contributed by atoms with Gasteiger partial charge in [-0.1, -0.05) is 48.0 Å². The topological polar surface area (TPSA) is 35.2 Å². The standard InChI is InChI=1S/C16H17ClFNO/c1-20-16(11-6-3-2-4-7-11)15(19)10-12-13(17)8-5-9-14(12)18/h2-9,15-16H,10,19H2,1H3. The lowest BCUT2D eigenvalue weighted by atomic mass is 9.96. The van der Waals surface area contributed by atoms with Gasteiger partial charge in [0.15, 0.2) is 0 Å². The van der Waals surface area contributed by atoms with E-state index in [1.165, 1.54) is 6.07 Å². The molecule has 2 aromatic rings. The Labute approximate surface area is 123 Å². The third-order valence-electron chi connectivity index (χ3n) is 3.27. The summed E-state index contributed by atoms with van der Waals surface area (Å²) in [5.41, 5.74) is 7.58. The van der Waals surface area contributed by atoms with Crippen LogP contribution in [0.2, 0.25) is 5.02 Å². The minimum absolute atomic E-state index is 0.299. The molecule has 0 saturated heterocycles. The summed E-state index contributed by atoms with van der Waals surface area (Å²) in [5.74, 6) is -0.337. The van der Waals surface area contributed by atoms with Crippen molar-refractivity contribution in [2.24, 2.45) is 5.73 Å². The van der Waals surface area contributed by atoms with Crippen molar-refractivity contribution in [3.63, 3.8) is 0 Å². The van der Waals surface area contributed by atoms with E-state index in [0.717, 1.165) is 5.56 Å². The van der Waals surface area contributed by atoms with E-state index in [-0.39, 0.29) is 18.0 Å². The molecule has 0 bridgehead atoms. The van der Waals surface area contributed by atoms with Crippen molar-refractivity contribution in [3.8, 4) is 0 Å². The summed E-state index contributed by atoms with van der Waals surface area (Å²) in [5, 5.41) is 0.392. The molecule has 2 aromatic carbocycles. The molecule has 20 heavy (non-hydrogen) atoms. The van der Waals surface area contributed by atoms with Gasteiger partial charge in [-0.2, -0.15) is 0 Å². The minimum atomic E-state index is -0.378. The number of halogens is 2. The van der Waals surface area contributed by atoms with Crippen molar-refractivity contribution in [1.82, 2.24) is 0 Å². The molecule has 4 heteroatoms. The van der Waals surface area contributed by atoms with Crippen LogP contribution in [0.4, 0.5) is 4.39 Å². The summed E-state index contributed by atoms with van der Waals surface area (Å²) in [7, 11) is 1.60. The third-order valence-corrected chi connectivity index (χ3v) is 3.63. The number of hydrogen-bond donors (Lipinski definition) is 1. The van der Waals surface area contributed by atoms with Gasteiger partial charge in [-0.05, 0) is 24.1 Å². The van der Waals surface area contributed by atoms with Gasteiger partial charge in [0, 0.05) is 23.7 Å². The molecule has 0 radical (unpaired) electrons. The molecule has 0 aliphatic heterocycles. The summed E-state index contributed by atoms with van der Waals surface area (Å²) < 4.78 is 19.3. The van der Waals surface area contributed by atoms with Crippen molar-refractivity contribution in [1.29, 1.82) is 0 Å². The van der Waals surface area contributed by atoms with Crippen LogP contribution in [0.15, 0.2) is 48.5 Å². The molecule has 2 unspecified atom stereocenters. The second kappa shape index (κ2) is 6.84. The molecule has 2 nitrogen and oxygen atoms in total. The fourth-order valence-corrected chi connectivity index (χ4v) is 2.51. The molecule has 0 saturated carbocycles. The molecular formula is C16H17ClFNO. The van der Waals surface area contributed by atoms with Gasteiger partial charge in [0.25, 0.3) is 0 Å². The van der Waals surface area contributed by atoms with E-state index in [2.05, 4.69) is 0 Å². The molecular weight excluding hydrogens is 277 g/mol. The number of methoxy groups -OCH3 is 1. The molecule has 0 heterocycles. The highest BCUT2D eigenvalue weighted by Gasteiger charge is 2.21. The lowest BCUT2D eigenvalue weighted by molar-refractivity contribution is 0.0800. The Balaban J connectivity index is 2.20. The Kier molecular flexibility index (Phi) is 5.12. The molecule has 0 amide bonds. The van der Waals surface area contributed by atoms with Crippen molar-refractivity contribution >= 4 is 11.6 Å². The molecule has 0 spiro atoms. The Morgan fingerprint density at radius 1 is 1.15 bits per heavy atom. The van der Waals surface area contributed by atoms with Crippen molar-refractivity contribution in [2.75, 3.05) is 7.11 Å². The van der Waals surface area contributed by atoms with Crippen LogP contribution in [-0.4, -0.2) is 13.2 Å². The zero-order valence-electron chi connectivity index (χ0n) is 11.2. The summed E-state index contributed by atoms with van der Waals surface area (Å²) >= 11 is 6.03. The van der Waals surface area contributed by atoms with Gasteiger partial charge in [-0.15, -0.1) is 0 Å². The van der Waals surface area contributed by atoms with Gasteiger partial charge in [0.2, 0.25) is 0 Å². The number of ether oxygens (including phenoxy) is 1. The highest BCUT2D eigenvalue weighted by atomic mass is 35.5. The van der Waals surface area contributed by atoms with Crippen molar-refractivity contribution in [2.45, 2.75) is 18.6 Å². The monoisotopic (exact) mass is 293 g/mol. The van der Waals surface area contributed by atoms with Crippen LogP contribution >= 0.6 is 11.6 Å². The Hall–Kier alpha value is -1.42. The maximum Gasteiger partial charge on any atom is 0.127 e. The van der Waals surface area contributed by atoms with Gasteiger partial charge in [0.05, 0.1) is 6.10 Å². The van der Waals surface area contributed by atoms with Gasteiger partial charge in [-0.25, -0.2) is 4.39 Å². The molecule has 0 fully saturated rings. The largest absolute Gasteiger partial charge is 0.375 e. The molecule has 0 aromatic heterocycles. The van der Waals surface area contributed by atoms with Crippen LogP contribution in [0.5, 0.6) is 0 Å². The molecule has 2 rings (SSSR count). The lowest BCUT2D eigenvalue weighted by Crippen LogP contribution is -2.32. The van der Waals surface area contributed by atoms with Crippen LogP contribution in [0.3, 0.4) is 0 Å². The van der Waals surface area contributed by atoms with Crippen molar-refractivity contribution < 1.29 is 9.13 Å². The second-order valence-electron chi connectivity index (χ2n) is 4.64. The first-order chi connectivity index (χ1) is 9.63. The van der Waals surface area contributed by atoms with Crippen molar-refractivity contribution in [3.05, 3.63) is 70.5 Å². The van der Waals surface area contributed by atoms with E-state index in [0.29, 0.717) is 17.0 Å². The Morgan fingerprint density at radius 3 is 2.45 bits per heavy atom.